The Labute approximate surface area is 148 Å². The van der Waals surface area contributed by atoms with Crippen molar-refractivity contribution in [2.75, 3.05) is 0 Å². The third-order valence-corrected chi connectivity index (χ3v) is 5.27. The molecule has 0 aliphatic heterocycles. The summed E-state index contributed by atoms with van der Waals surface area (Å²) in [5, 5.41) is 20.5. The van der Waals surface area contributed by atoms with Crippen molar-refractivity contribution in [2.45, 2.75) is 9.79 Å². The largest absolute Gasteiger partial charge is 0.288 e. The number of nitrogens with zero attached hydrogens (tertiary/aromatic N) is 2. The maximum atomic E-state index is 12.6. The number of hydrogen-bond donors (Lipinski definition) is 0. The van der Waals surface area contributed by atoms with E-state index in [4.69, 9.17) is 0 Å². The molecule has 0 atom stereocenters. The molecule has 3 aromatic carbocycles. The third kappa shape index (κ3) is 2.32. The van der Waals surface area contributed by atoms with Crippen LogP contribution in [-0.2, 0) is 0 Å². The van der Waals surface area contributed by atoms with Crippen LogP contribution in [0.15, 0.2) is 76.0 Å². The predicted octanol–water partition coefficient (Wildman–Crippen LogP) is 4.99. The zero-order valence-electron chi connectivity index (χ0n) is 13.0. The maximum absolute atomic E-state index is 12.6. The fraction of sp³-hybridized carbons (Fsp3) is 0. The summed E-state index contributed by atoms with van der Waals surface area (Å²) in [6.07, 6.45) is 0. The van der Waals surface area contributed by atoms with E-state index in [1.807, 2.05) is 66.7 Å². The first-order chi connectivity index (χ1) is 12.2. The number of allylic oxidation sites excluding steroid dienone is 2. The summed E-state index contributed by atoms with van der Waals surface area (Å²) < 4.78 is 0. The van der Waals surface area contributed by atoms with Gasteiger partial charge in [0.15, 0.2) is 0 Å². The summed E-state index contributed by atoms with van der Waals surface area (Å²) >= 11 is 1.61. The van der Waals surface area contributed by atoms with Gasteiger partial charge in [-0.05, 0) is 23.6 Å². The molecule has 116 valence electrons. The predicted molar refractivity (Wildman–Crippen MR) is 97.0 cm³/mol. The number of Topliss-reactive ketones (excluding diaryl/α,β-unsaturated/α-hetero) is 1. The first-order valence-electron chi connectivity index (χ1n) is 7.62. The van der Waals surface area contributed by atoms with Crippen LogP contribution in [0.1, 0.15) is 15.9 Å². The van der Waals surface area contributed by atoms with Crippen LogP contribution in [0, 0.1) is 22.7 Å². The second-order valence-corrected chi connectivity index (χ2v) is 6.67. The highest BCUT2D eigenvalue weighted by molar-refractivity contribution is 7.99. The van der Waals surface area contributed by atoms with E-state index in [2.05, 4.69) is 0 Å². The molecule has 3 nitrogen and oxygen atoms in total. The fourth-order valence-corrected chi connectivity index (χ4v) is 4.05. The zero-order chi connectivity index (χ0) is 17.4. The van der Waals surface area contributed by atoms with Crippen LogP contribution in [0.5, 0.6) is 0 Å². The van der Waals surface area contributed by atoms with Gasteiger partial charge in [0.05, 0.1) is 5.57 Å². The Morgan fingerprint density at radius 2 is 1.52 bits per heavy atom. The second kappa shape index (κ2) is 5.94. The molecular formula is C21H10N2OS. The summed E-state index contributed by atoms with van der Waals surface area (Å²) in [5.41, 5.74) is 1.22. The van der Waals surface area contributed by atoms with Gasteiger partial charge in [0.1, 0.15) is 17.7 Å². The molecule has 0 unspecified atom stereocenters. The Balaban J connectivity index is 2.00. The molecule has 0 bridgehead atoms. The highest BCUT2D eigenvalue weighted by atomic mass is 32.2. The minimum Gasteiger partial charge on any atom is -0.288 e. The van der Waals surface area contributed by atoms with Gasteiger partial charge in [-0.2, -0.15) is 10.5 Å². The number of benzene rings is 3. The molecule has 0 amide bonds. The monoisotopic (exact) mass is 338 g/mol. The minimum absolute atomic E-state index is 0.0778. The van der Waals surface area contributed by atoms with Crippen LogP contribution in [-0.4, -0.2) is 5.78 Å². The average molecular weight is 338 g/mol. The van der Waals surface area contributed by atoms with Crippen LogP contribution in [0.4, 0.5) is 0 Å². The van der Waals surface area contributed by atoms with Gasteiger partial charge in [0.2, 0.25) is 5.78 Å². The van der Waals surface area contributed by atoms with E-state index in [1.54, 1.807) is 17.8 Å². The quantitative estimate of drug-likeness (QED) is 0.660. The van der Waals surface area contributed by atoms with Crippen LogP contribution >= 0.6 is 11.8 Å². The molecule has 0 heterocycles. The van der Waals surface area contributed by atoms with Gasteiger partial charge >= 0.3 is 0 Å². The third-order valence-electron chi connectivity index (χ3n) is 4.19. The molecule has 0 saturated carbocycles. The Kier molecular flexibility index (Phi) is 3.61. The lowest BCUT2D eigenvalue weighted by molar-refractivity contribution is 0.104. The van der Waals surface area contributed by atoms with Crippen LogP contribution < -0.4 is 0 Å². The average Bonchev–Trinajstić information content (AvgIpc) is 2.66. The van der Waals surface area contributed by atoms with Crippen LogP contribution in [0.3, 0.4) is 0 Å². The van der Waals surface area contributed by atoms with Gasteiger partial charge in [0.25, 0.3) is 0 Å². The standard InChI is InChI=1S/C21H10N2OS/c22-11-17-14-9-10-19(25-13-5-2-1-3-6-13)15-7-4-8-16(20(14)15)21(24)18(17)12-23/h1-10H. The molecule has 1 aliphatic carbocycles. The van der Waals surface area contributed by atoms with E-state index >= 15 is 0 Å². The Morgan fingerprint density at radius 1 is 0.760 bits per heavy atom. The number of nitriles is 2. The Bertz CT molecular complexity index is 1150. The molecule has 0 saturated heterocycles. The smallest absolute Gasteiger partial charge is 0.205 e. The van der Waals surface area contributed by atoms with Crippen LogP contribution in [0.25, 0.3) is 16.3 Å². The first-order valence-corrected chi connectivity index (χ1v) is 8.44. The van der Waals surface area contributed by atoms with Gasteiger partial charge in [-0.15, -0.1) is 0 Å². The molecule has 0 N–H and O–H groups in total. The number of carbonyl (C=O) groups excluding carboxylic acids is 1. The minimum atomic E-state index is -0.376. The highest BCUT2D eigenvalue weighted by Gasteiger charge is 2.28. The fourth-order valence-electron chi connectivity index (χ4n) is 3.09. The van der Waals surface area contributed by atoms with Crippen molar-refractivity contribution in [3.63, 3.8) is 0 Å². The van der Waals surface area contributed by atoms with Crippen molar-refractivity contribution < 1.29 is 4.79 Å². The SMILES string of the molecule is N#CC1=C(C#N)c2ccc(Sc3ccccc3)c3cccc(c23)C1=O. The van der Waals surface area contributed by atoms with E-state index in [0.717, 1.165) is 20.6 Å². The molecule has 4 rings (SSSR count). The van der Waals surface area contributed by atoms with E-state index < -0.39 is 0 Å². The summed E-state index contributed by atoms with van der Waals surface area (Å²) in [7, 11) is 0. The number of carbonyl (C=O) groups is 1. The van der Waals surface area contributed by atoms with Gasteiger partial charge in [-0.3, -0.25) is 4.79 Å². The van der Waals surface area contributed by atoms with E-state index in [9.17, 15) is 15.3 Å². The van der Waals surface area contributed by atoms with Crippen molar-refractivity contribution in [3.8, 4) is 12.1 Å². The van der Waals surface area contributed by atoms with Crippen LogP contribution in [0.2, 0.25) is 0 Å². The molecular weight excluding hydrogens is 328 g/mol. The zero-order valence-corrected chi connectivity index (χ0v) is 13.8. The highest BCUT2D eigenvalue weighted by Crippen LogP contribution is 2.41. The second-order valence-electron chi connectivity index (χ2n) is 5.56. The normalized spacial score (nSPS) is 12.8. The topological polar surface area (TPSA) is 64.7 Å². The van der Waals surface area contributed by atoms with Gasteiger partial charge in [0, 0.05) is 26.3 Å². The van der Waals surface area contributed by atoms with E-state index in [1.165, 1.54) is 0 Å². The van der Waals surface area contributed by atoms with E-state index in [-0.39, 0.29) is 16.9 Å². The lowest BCUT2D eigenvalue weighted by atomic mass is 9.83. The number of rotatable bonds is 2. The summed E-state index contributed by atoms with van der Waals surface area (Å²) in [5.74, 6) is -0.376. The Hall–Kier alpha value is -3.34. The summed E-state index contributed by atoms with van der Waals surface area (Å²) in [4.78, 5) is 14.7. The molecule has 0 spiro atoms. The number of hydrogen-bond acceptors (Lipinski definition) is 4. The van der Waals surface area contributed by atoms with Gasteiger partial charge in [-0.25, -0.2) is 0 Å². The molecule has 3 aromatic rings. The molecule has 1 aliphatic rings. The summed E-state index contributed by atoms with van der Waals surface area (Å²) in [6, 6.07) is 23.2. The van der Waals surface area contributed by atoms with Crippen molar-refractivity contribution in [2.24, 2.45) is 0 Å². The van der Waals surface area contributed by atoms with E-state index in [0.29, 0.717) is 11.1 Å². The number of ketones is 1. The molecule has 0 aromatic heterocycles. The van der Waals surface area contributed by atoms with Crippen molar-refractivity contribution >= 4 is 33.9 Å². The maximum Gasteiger partial charge on any atom is 0.205 e. The first kappa shape index (κ1) is 15.2. The lowest BCUT2D eigenvalue weighted by Gasteiger charge is -2.18. The molecule has 0 fully saturated rings. The van der Waals surface area contributed by atoms with Crippen molar-refractivity contribution in [1.29, 1.82) is 10.5 Å². The van der Waals surface area contributed by atoms with Gasteiger partial charge < -0.3 is 0 Å². The molecule has 0 radical (unpaired) electrons. The Morgan fingerprint density at radius 3 is 2.24 bits per heavy atom. The molecule has 4 heteroatoms. The summed E-state index contributed by atoms with van der Waals surface area (Å²) in [6.45, 7) is 0. The lowest BCUT2D eigenvalue weighted by Crippen LogP contribution is -2.11. The van der Waals surface area contributed by atoms with Gasteiger partial charge in [-0.1, -0.05) is 54.2 Å². The molecule has 25 heavy (non-hydrogen) atoms. The van der Waals surface area contributed by atoms with Crippen molar-refractivity contribution in [3.05, 3.63) is 77.4 Å². The van der Waals surface area contributed by atoms with Crippen molar-refractivity contribution in [1.82, 2.24) is 0 Å².